The SMILES string of the molecule is CC1(C)CC(CCOS(=O)(=O)c2ccc([N+](=O)[O-])cc2)C(=O)O1. The summed E-state index contributed by atoms with van der Waals surface area (Å²) in [5.41, 5.74) is -0.751. The first-order valence-electron chi connectivity index (χ1n) is 6.97. The molecular weight excluding hydrogens is 326 g/mol. The molecule has 0 aromatic heterocycles. The van der Waals surface area contributed by atoms with Crippen LogP contribution in [0, 0.1) is 16.0 Å². The fraction of sp³-hybridized carbons (Fsp3) is 0.500. The Bertz CT molecular complexity index is 709. The Morgan fingerprint density at radius 3 is 2.43 bits per heavy atom. The number of nitrogens with zero attached hydrogens (tertiary/aromatic N) is 1. The minimum Gasteiger partial charge on any atom is -0.459 e. The Labute approximate surface area is 133 Å². The number of nitro groups is 1. The van der Waals surface area contributed by atoms with Crippen LogP contribution in [-0.4, -0.2) is 31.5 Å². The molecule has 1 aliphatic rings. The van der Waals surface area contributed by atoms with Crippen molar-refractivity contribution in [2.45, 2.75) is 37.2 Å². The van der Waals surface area contributed by atoms with Crippen LogP contribution in [0.15, 0.2) is 29.2 Å². The Kier molecular flexibility index (Phi) is 4.71. The molecule has 1 aliphatic heterocycles. The van der Waals surface area contributed by atoms with Crippen LogP contribution in [0.4, 0.5) is 5.69 Å². The van der Waals surface area contributed by atoms with E-state index in [1.54, 1.807) is 13.8 Å². The number of carbonyl (C=O) groups excluding carboxylic acids is 1. The van der Waals surface area contributed by atoms with Gasteiger partial charge in [0.25, 0.3) is 15.8 Å². The third-order valence-corrected chi connectivity index (χ3v) is 4.82. The first-order chi connectivity index (χ1) is 10.6. The minimum atomic E-state index is -4.02. The summed E-state index contributed by atoms with van der Waals surface area (Å²) < 4.78 is 34.0. The number of cyclic esters (lactones) is 1. The molecule has 2 rings (SSSR count). The van der Waals surface area contributed by atoms with Crippen molar-refractivity contribution < 1.29 is 27.1 Å². The number of carbonyl (C=O) groups is 1. The van der Waals surface area contributed by atoms with Crippen molar-refractivity contribution in [3.05, 3.63) is 34.4 Å². The molecule has 0 bridgehead atoms. The molecule has 1 unspecified atom stereocenters. The van der Waals surface area contributed by atoms with Crippen molar-refractivity contribution >= 4 is 21.8 Å². The van der Waals surface area contributed by atoms with E-state index in [4.69, 9.17) is 8.92 Å². The molecule has 1 heterocycles. The number of ether oxygens (including phenoxy) is 1. The van der Waals surface area contributed by atoms with E-state index >= 15 is 0 Å². The van der Waals surface area contributed by atoms with Gasteiger partial charge in [0.1, 0.15) is 5.60 Å². The van der Waals surface area contributed by atoms with Gasteiger partial charge in [-0.05, 0) is 38.8 Å². The first kappa shape index (κ1) is 17.4. The molecule has 0 radical (unpaired) electrons. The summed E-state index contributed by atoms with van der Waals surface area (Å²) in [5.74, 6) is -0.747. The summed E-state index contributed by atoms with van der Waals surface area (Å²) in [7, 11) is -4.02. The molecule has 0 aliphatic carbocycles. The molecule has 23 heavy (non-hydrogen) atoms. The lowest BCUT2D eigenvalue weighted by Crippen LogP contribution is -2.17. The predicted molar refractivity (Wildman–Crippen MR) is 79.1 cm³/mol. The summed E-state index contributed by atoms with van der Waals surface area (Å²) in [6, 6.07) is 4.40. The fourth-order valence-electron chi connectivity index (χ4n) is 2.40. The molecule has 0 amide bonds. The summed E-state index contributed by atoms with van der Waals surface area (Å²) in [5, 5.41) is 10.5. The topological polar surface area (TPSA) is 113 Å². The highest BCUT2D eigenvalue weighted by atomic mass is 32.2. The minimum absolute atomic E-state index is 0.158. The van der Waals surface area contributed by atoms with Gasteiger partial charge in [-0.1, -0.05) is 0 Å². The third-order valence-electron chi connectivity index (χ3n) is 3.49. The van der Waals surface area contributed by atoms with Gasteiger partial charge in [0.15, 0.2) is 0 Å². The van der Waals surface area contributed by atoms with Crippen LogP contribution in [-0.2, 0) is 23.8 Å². The van der Waals surface area contributed by atoms with Gasteiger partial charge in [0.05, 0.1) is 22.3 Å². The van der Waals surface area contributed by atoms with Crippen molar-refractivity contribution in [1.29, 1.82) is 0 Å². The monoisotopic (exact) mass is 343 g/mol. The zero-order valence-electron chi connectivity index (χ0n) is 12.7. The molecule has 126 valence electrons. The van der Waals surface area contributed by atoms with Crippen molar-refractivity contribution in [2.75, 3.05) is 6.61 Å². The predicted octanol–water partition coefficient (Wildman–Crippen LogP) is 2.03. The number of nitro benzene ring substituents is 1. The van der Waals surface area contributed by atoms with Gasteiger partial charge < -0.3 is 4.74 Å². The van der Waals surface area contributed by atoms with Gasteiger partial charge in [-0.25, -0.2) is 0 Å². The van der Waals surface area contributed by atoms with Crippen molar-refractivity contribution in [1.82, 2.24) is 0 Å². The van der Waals surface area contributed by atoms with E-state index in [0.29, 0.717) is 6.42 Å². The van der Waals surface area contributed by atoms with Crippen LogP contribution < -0.4 is 0 Å². The van der Waals surface area contributed by atoms with Crippen LogP contribution in [0.5, 0.6) is 0 Å². The Morgan fingerprint density at radius 1 is 1.35 bits per heavy atom. The zero-order chi connectivity index (χ0) is 17.3. The Morgan fingerprint density at radius 2 is 1.96 bits per heavy atom. The van der Waals surface area contributed by atoms with E-state index in [2.05, 4.69) is 0 Å². The number of hydrogen-bond acceptors (Lipinski definition) is 7. The molecule has 1 aromatic carbocycles. The molecule has 0 N–H and O–H groups in total. The normalized spacial score (nSPS) is 20.3. The van der Waals surface area contributed by atoms with E-state index in [9.17, 15) is 23.3 Å². The highest BCUT2D eigenvalue weighted by Crippen LogP contribution is 2.32. The standard InChI is InChI=1S/C14H17NO7S/c1-14(2)9-10(13(16)22-14)7-8-21-23(19,20)12-5-3-11(4-6-12)15(17)18/h3-6,10H,7-9H2,1-2H3. The van der Waals surface area contributed by atoms with E-state index in [1.807, 2.05) is 0 Å². The summed E-state index contributed by atoms with van der Waals surface area (Å²) >= 11 is 0. The van der Waals surface area contributed by atoms with E-state index in [0.717, 1.165) is 24.3 Å². The number of benzene rings is 1. The fourth-order valence-corrected chi connectivity index (χ4v) is 3.32. The number of esters is 1. The molecule has 9 heteroatoms. The van der Waals surface area contributed by atoms with Crippen LogP contribution in [0.1, 0.15) is 26.7 Å². The highest BCUT2D eigenvalue weighted by molar-refractivity contribution is 7.86. The Hall–Kier alpha value is -2.00. The van der Waals surface area contributed by atoms with Gasteiger partial charge in [-0.3, -0.25) is 19.1 Å². The second-order valence-corrected chi connectivity index (χ2v) is 7.51. The van der Waals surface area contributed by atoms with Crippen LogP contribution in [0.3, 0.4) is 0 Å². The molecule has 0 spiro atoms. The molecule has 1 atom stereocenters. The largest absolute Gasteiger partial charge is 0.459 e. The summed E-state index contributed by atoms with van der Waals surface area (Å²) in [4.78, 5) is 21.4. The van der Waals surface area contributed by atoms with E-state index in [1.165, 1.54) is 0 Å². The second kappa shape index (κ2) is 6.25. The van der Waals surface area contributed by atoms with Gasteiger partial charge in [0, 0.05) is 12.1 Å². The molecule has 1 fully saturated rings. The van der Waals surface area contributed by atoms with Crippen LogP contribution >= 0.6 is 0 Å². The van der Waals surface area contributed by atoms with Gasteiger partial charge >= 0.3 is 5.97 Å². The smallest absolute Gasteiger partial charge is 0.309 e. The average molecular weight is 343 g/mol. The summed E-state index contributed by atoms with van der Waals surface area (Å²) in [6.07, 6.45) is 0.737. The number of hydrogen-bond donors (Lipinski definition) is 0. The number of non-ortho nitro benzene ring substituents is 1. The second-order valence-electron chi connectivity index (χ2n) is 5.90. The quantitative estimate of drug-likeness (QED) is 0.336. The lowest BCUT2D eigenvalue weighted by atomic mass is 9.95. The lowest BCUT2D eigenvalue weighted by molar-refractivity contribution is -0.384. The van der Waals surface area contributed by atoms with Gasteiger partial charge in [-0.2, -0.15) is 8.42 Å². The zero-order valence-corrected chi connectivity index (χ0v) is 13.5. The molecule has 1 saturated heterocycles. The van der Waals surface area contributed by atoms with Crippen molar-refractivity contribution in [3.63, 3.8) is 0 Å². The van der Waals surface area contributed by atoms with Crippen LogP contribution in [0.25, 0.3) is 0 Å². The maximum absolute atomic E-state index is 12.0. The highest BCUT2D eigenvalue weighted by Gasteiger charge is 2.39. The summed E-state index contributed by atoms with van der Waals surface area (Å²) in [6.45, 7) is 3.42. The molecule has 1 aromatic rings. The van der Waals surface area contributed by atoms with E-state index < -0.39 is 26.6 Å². The molecule has 8 nitrogen and oxygen atoms in total. The molecule has 0 saturated carbocycles. The van der Waals surface area contributed by atoms with E-state index in [-0.39, 0.29) is 29.6 Å². The van der Waals surface area contributed by atoms with Crippen molar-refractivity contribution in [2.24, 2.45) is 5.92 Å². The Balaban J connectivity index is 1.94. The third kappa shape index (κ3) is 4.26. The van der Waals surface area contributed by atoms with Crippen LogP contribution in [0.2, 0.25) is 0 Å². The maximum atomic E-state index is 12.0. The first-order valence-corrected chi connectivity index (χ1v) is 8.38. The average Bonchev–Trinajstić information content (AvgIpc) is 2.71. The molecular formula is C14H17NO7S. The van der Waals surface area contributed by atoms with Gasteiger partial charge in [0.2, 0.25) is 0 Å². The van der Waals surface area contributed by atoms with Gasteiger partial charge in [-0.15, -0.1) is 0 Å². The maximum Gasteiger partial charge on any atom is 0.309 e. The number of rotatable bonds is 6. The van der Waals surface area contributed by atoms with Crippen molar-refractivity contribution in [3.8, 4) is 0 Å². The lowest BCUT2D eigenvalue weighted by Gasteiger charge is -2.14.